The van der Waals surface area contributed by atoms with Gasteiger partial charge in [0.2, 0.25) is 0 Å². The molecule has 1 saturated heterocycles. The zero-order valence-electron chi connectivity index (χ0n) is 14.0. The molecular formula is C17H28N4O2. The van der Waals surface area contributed by atoms with Crippen LogP contribution < -0.4 is 15.5 Å². The minimum atomic E-state index is -0.0894. The largest absolute Gasteiger partial charge is 0.379 e. The predicted octanol–water partition coefficient (Wildman–Crippen LogP) is 1.14. The van der Waals surface area contributed by atoms with E-state index in [0.717, 1.165) is 51.5 Å². The monoisotopic (exact) mass is 320 g/mol. The van der Waals surface area contributed by atoms with Crippen LogP contribution in [0.4, 0.5) is 10.5 Å². The Kier molecular flexibility index (Phi) is 7.69. The molecule has 0 saturated carbocycles. The number of ether oxygens (including phenoxy) is 1. The first kappa shape index (κ1) is 17.6. The van der Waals surface area contributed by atoms with Gasteiger partial charge in [-0.3, -0.25) is 4.90 Å². The van der Waals surface area contributed by atoms with E-state index in [4.69, 9.17) is 4.74 Å². The van der Waals surface area contributed by atoms with Gasteiger partial charge in [0.15, 0.2) is 0 Å². The fourth-order valence-electron chi connectivity index (χ4n) is 2.54. The van der Waals surface area contributed by atoms with Crippen LogP contribution in [-0.4, -0.2) is 70.5 Å². The number of amides is 2. The van der Waals surface area contributed by atoms with E-state index in [0.29, 0.717) is 13.1 Å². The zero-order valence-corrected chi connectivity index (χ0v) is 14.0. The van der Waals surface area contributed by atoms with Gasteiger partial charge in [-0.05, 0) is 25.1 Å². The number of nitrogens with one attached hydrogen (secondary N) is 2. The Hall–Kier alpha value is -1.79. The molecule has 1 aliphatic rings. The molecule has 0 radical (unpaired) electrons. The molecule has 23 heavy (non-hydrogen) atoms. The molecule has 128 valence electrons. The molecule has 6 heteroatoms. The first-order valence-electron chi connectivity index (χ1n) is 8.33. The number of urea groups is 1. The van der Waals surface area contributed by atoms with Crippen molar-refractivity contribution in [1.82, 2.24) is 15.5 Å². The minimum Gasteiger partial charge on any atom is -0.379 e. The number of likely N-dealkylation sites (N-methyl/N-ethyl adjacent to an activating group) is 1. The summed E-state index contributed by atoms with van der Waals surface area (Å²) in [6.45, 7) is 6.77. The van der Waals surface area contributed by atoms with Gasteiger partial charge in [0.25, 0.3) is 0 Å². The van der Waals surface area contributed by atoms with Crippen LogP contribution in [0.3, 0.4) is 0 Å². The van der Waals surface area contributed by atoms with E-state index in [1.807, 2.05) is 25.2 Å². The third kappa shape index (κ3) is 6.88. The van der Waals surface area contributed by atoms with Crippen LogP contribution in [0, 0.1) is 0 Å². The Morgan fingerprint density at radius 2 is 1.87 bits per heavy atom. The number of para-hydroxylation sites is 1. The van der Waals surface area contributed by atoms with Crippen molar-refractivity contribution in [2.24, 2.45) is 0 Å². The quantitative estimate of drug-likeness (QED) is 0.706. The molecule has 2 amide bonds. The van der Waals surface area contributed by atoms with E-state index in [9.17, 15) is 4.79 Å². The average molecular weight is 320 g/mol. The van der Waals surface area contributed by atoms with Crippen molar-refractivity contribution < 1.29 is 9.53 Å². The molecule has 0 bridgehead atoms. The lowest BCUT2D eigenvalue weighted by molar-refractivity contribution is 0.0375. The van der Waals surface area contributed by atoms with Crippen molar-refractivity contribution in [2.75, 3.05) is 64.4 Å². The first-order chi connectivity index (χ1) is 11.3. The topological polar surface area (TPSA) is 56.8 Å². The van der Waals surface area contributed by atoms with Crippen molar-refractivity contribution in [3.8, 4) is 0 Å². The van der Waals surface area contributed by atoms with Crippen LogP contribution in [0.15, 0.2) is 30.3 Å². The molecule has 6 nitrogen and oxygen atoms in total. The van der Waals surface area contributed by atoms with Crippen LogP contribution in [-0.2, 0) is 4.74 Å². The molecule has 2 rings (SSSR count). The number of benzene rings is 1. The summed E-state index contributed by atoms with van der Waals surface area (Å²) in [6, 6.07) is 10.1. The fourth-order valence-corrected chi connectivity index (χ4v) is 2.54. The van der Waals surface area contributed by atoms with Crippen molar-refractivity contribution in [3.63, 3.8) is 0 Å². The van der Waals surface area contributed by atoms with Crippen molar-refractivity contribution >= 4 is 11.7 Å². The highest BCUT2D eigenvalue weighted by molar-refractivity contribution is 5.73. The van der Waals surface area contributed by atoms with Gasteiger partial charge < -0.3 is 20.3 Å². The summed E-state index contributed by atoms with van der Waals surface area (Å²) in [5, 5.41) is 5.81. The molecule has 1 aromatic carbocycles. The van der Waals surface area contributed by atoms with Gasteiger partial charge in [0.05, 0.1) is 13.2 Å². The van der Waals surface area contributed by atoms with Crippen molar-refractivity contribution in [3.05, 3.63) is 30.3 Å². The number of rotatable bonds is 8. The molecule has 0 atom stereocenters. The predicted molar refractivity (Wildman–Crippen MR) is 93.0 cm³/mol. The maximum Gasteiger partial charge on any atom is 0.314 e. The number of nitrogens with zero attached hydrogens (tertiary/aromatic N) is 2. The van der Waals surface area contributed by atoms with E-state index in [1.54, 1.807) is 0 Å². The summed E-state index contributed by atoms with van der Waals surface area (Å²) in [6.07, 6.45) is 0.970. The first-order valence-corrected chi connectivity index (χ1v) is 8.33. The highest BCUT2D eigenvalue weighted by Crippen LogP contribution is 2.09. The third-order valence-electron chi connectivity index (χ3n) is 3.97. The standard InChI is InChI=1S/C17H28N4O2/c1-20(16-6-3-2-4-7-16)11-9-19-17(22)18-8-5-10-21-12-14-23-15-13-21/h2-4,6-7H,5,8-15H2,1H3,(H2,18,19,22). The summed E-state index contributed by atoms with van der Waals surface area (Å²) in [5.74, 6) is 0. The number of carbonyl (C=O) groups excluding carboxylic acids is 1. The van der Waals surface area contributed by atoms with Gasteiger partial charge in [-0.1, -0.05) is 18.2 Å². The highest BCUT2D eigenvalue weighted by Gasteiger charge is 2.09. The molecule has 0 aromatic heterocycles. The number of carbonyl (C=O) groups is 1. The zero-order chi connectivity index (χ0) is 16.3. The summed E-state index contributed by atoms with van der Waals surface area (Å²) in [4.78, 5) is 16.2. The van der Waals surface area contributed by atoms with Crippen molar-refractivity contribution in [2.45, 2.75) is 6.42 Å². The van der Waals surface area contributed by atoms with Crippen LogP contribution in [0.25, 0.3) is 0 Å². The normalized spacial score (nSPS) is 15.2. The Balaban J connectivity index is 1.50. The Morgan fingerprint density at radius 1 is 1.17 bits per heavy atom. The van der Waals surface area contributed by atoms with E-state index in [-0.39, 0.29) is 6.03 Å². The second kappa shape index (κ2) is 10.1. The van der Waals surface area contributed by atoms with Crippen LogP contribution >= 0.6 is 0 Å². The van der Waals surface area contributed by atoms with Crippen LogP contribution in [0.1, 0.15) is 6.42 Å². The van der Waals surface area contributed by atoms with Crippen molar-refractivity contribution in [1.29, 1.82) is 0 Å². The summed E-state index contributed by atoms with van der Waals surface area (Å²) >= 11 is 0. The number of hydrogen-bond acceptors (Lipinski definition) is 4. The van der Waals surface area contributed by atoms with E-state index in [1.165, 1.54) is 0 Å². The van der Waals surface area contributed by atoms with Crippen LogP contribution in [0.5, 0.6) is 0 Å². The maximum atomic E-state index is 11.7. The second-order valence-electron chi connectivity index (χ2n) is 5.75. The number of morpholine rings is 1. The maximum absolute atomic E-state index is 11.7. The average Bonchev–Trinajstić information content (AvgIpc) is 2.60. The number of anilines is 1. The van der Waals surface area contributed by atoms with Gasteiger partial charge in [0, 0.05) is 45.5 Å². The van der Waals surface area contributed by atoms with Gasteiger partial charge in [-0.15, -0.1) is 0 Å². The van der Waals surface area contributed by atoms with E-state index < -0.39 is 0 Å². The molecular weight excluding hydrogens is 292 g/mol. The third-order valence-corrected chi connectivity index (χ3v) is 3.97. The molecule has 1 aliphatic heterocycles. The van der Waals surface area contributed by atoms with Gasteiger partial charge in [-0.25, -0.2) is 4.79 Å². The Bertz CT molecular complexity index is 449. The lowest BCUT2D eigenvalue weighted by atomic mass is 10.3. The Labute approximate surface area is 138 Å². The van der Waals surface area contributed by atoms with Crippen LogP contribution in [0.2, 0.25) is 0 Å². The van der Waals surface area contributed by atoms with Gasteiger partial charge >= 0.3 is 6.03 Å². The minimum absolute atomic E-state index is 0.0894. The molecule has 1 aromatic rings. The molecule has 1 heterocycles. The summed E-state index contributed by atoms with van der Waals surface area (Å²) < 4.78 is 5.31. The molecule has 0 unspecified atom stereocenters. The summed E-state index contributed by atoms with van der Waals surface area (Å²) in [5.41, 5.74) is 1.15. The molecule has 2 N–H and O–H groups in total. The number of hydrogen-bond donors (Lipinski definition) is 2. The lowest BCUT2D eigenvalue weighted by Crippen LogP contribution is -2.41. The Morgan fingerprint density at radius 3 is 2.61 bits per heavy atom. The molecule has 0 aliphatic carbocycles. The van der Waals surface area contributed by atoms with E-state index in [2.05, 4.69) is 32.6 Å². The lowest BCUT2D eigenvalue weighted by Gasteiger charge is -2.26. The SMILES string of the molecule is CN(CCNC(=O)NCCCN1CCOCC1)c1ccccc1. The smallest absolute Gasteiger partial charge is 0.314 e. The van der Waals surface area contributed by atoms with Gasteiger partial charge in [-0.2, -0.15) is 0 Å². The molecule has 0 spiro atoms. The van der Waals surface area contributed by atoms with E-state index >= 15 is 0 Å². The summed E-state index contributed by atoms with van der Waals surface area (Å²) in [7, 11) is 2.03. The molecule has 1 fully saturated rings. The second-order valence-corrected chi connectivity index (χ2v) is 5.75. The van der Waals surface area contributed by atoms with Gasteiger partial charge in [0.1, 0.15) is 0 Å². The highest BCUT2D eigenvalue weighted by atomic mass is 16.5. The fraction of sp³-hybridized carbons (Fsp3) is 0.588.